The third-order valence-electron chi connectivity index (χ3n) is 0. The Morgan fingerprint density at radius 3 is 0.562 bits per heavy atom. The third kappa shape index (κ3) is 453. The Labute approximate surface area is 161 Å². The van der Waals surface area contributed by atoms with Crippen molar-refractivity contribution in [1.29, 1.82) is 0 Å². The average molecular weight is 422 g/mol. The molecular weight excluding hydrogens is 400 g/mol. The maximum Gasteiger partial charge on any atom is 4.00 e. The standard InChI is InChI=1S/4C2H6S.2Fe.2H2S/c4*1-2-3;;;;/h4*3H,2H2,1H3;;;2*1H2/q;;;;+2;+4;;/p-6. The molecule has 0 atom stereocenters. The Balaban J connectivity index is -0.00000000821. The average Bonchev–Trinajstić information content (AvgIpc) is 1.92. The van der Waals surface area contributed by atoms with Gasteiger partial charge in [-0.2, -0.15) is 23.0 Å². The Morgan fingerprint density at radius 1 is 0.562 bits per heavy atom. The molecule has 0 saturated carbocycles. The van der Waals surface area contributed by atoms with Crippen molar-refractivity contribution in [2.75, 3.05) is 23.0 Å². The van der Waals surface area contributed by atoms with Crippen LogP contribution in [0.25, 0.3) is 0 Å². The number of rotatable bonds is 0. The molecule has 0 spiro atoms. The van der Waals surface area contributed by atoms with Crippen molar-refractivity contribution in [3.05, 3.63) is 0 Å². The summed E-state index contributed by atoms with van der Waals surface area (Å²) in [5.41, 5.74) is 0. The van der Waals surface area contributed by atoms with Gasteiger partial charge in [-0.05, 0) is 0 Å². The van der Waals surface area contributed by atoms with Gasteiger partial charge in [0, 0.05) is 0 Å². The van der Waals surface area contributed by atoms with E-state index >= 15 is 0 Å². The molecule has 0 heterocycles. The zero-order valence-electron chi connectivity index (χ0n) is 10.1. The van der Waals surface area contributed by atoms with E-state index in [9.17, 15) is 0 Å². The Hall–Kier alpha value is 3.14. The molecule has 0 nitrogen and oxygen atoms in total. The maximum absolute atomic E-state index is 4.39. The molecule has 0 rings (SSSR count). The van der Waals surface area contributed by atoms with Gasteiger partial charge in [-0.1, -0.05) is 27.7 Å². The molecule has 0 fully saturated rings. The van der Waals surface area contributed by atoms with Gasteiger partial charge in [-0.25, -0.2) is 0 Å². The minimum Gasteiger partial charge on any atom is -0.813 e. The number of thiol groups is 2. The van der Waals surface area contributed by atoms with E-state index in [1.807, 2.05) is 27.7 Å². The molecule has 0 aliphatic heterocycles. The van der Waals surface area contributed by atoms with Crippen LogP contribution in [0.4, 0.5) is 0 Å². The first-order chi connectivity index (χ1) is 5.66. The molecule has 0 N–H and O–H groups in total. The molecule has 106 valence electrons. The van der Waals surface area contributed by atoms with E-state index in [0.717, 1.165) is 23.0 Å². The minimum absolute atomic E-state index is 0. The summed E-state index contributed by atoms with van der Waals surface area (Å²) in [6.45, 7) is 7.76. The fourth-order valence-corrected chi connectivity index (χ4v) is 0. The largest absolute Gasteiger partial charge is 4.00 e. The summed E-state index contributed by atoms with van der Waals surface area (Å²) in [7, 11) is 0. The van der Waals surface area contributed by atoms with Crippen LogP contribution in [-0.4, -0.2) is 23.0 Å². The number of hydrogen-bond donors (Lipinski definition) is 0. The zero-order chi connectivity index (χ0) is 10.8. The first kappa shape index (κ1) is 50.8. The van der Waals surface area contributed by atoms with Crippen molar-refractivity contribution in [2.24, 2.45) is 0 Å². The first-order valence-corrected chi connectivity index (χ1v) is 6.29. The van der Waals surface area contributed by atoms with Gasteiger partial charge in [0.05, 0.1) is 0 Å². The first-order valence-electron chi connectivity index (χ1n) is 3.98. The van der Waals surface area contributed by atoms with Gasteiger partial charge in [0.2, 0.25) is 0 Å². The predicted molar refractivity (Wildman–Crippen MR) is 89.1 cm³/mol. The summed E-state index contributed by atoms with van der Waals surface area (Å²) >= 11 is 17.6. The van der Waals surface area contributed by atoms with E-state index < -0.39 is 0 Å². The Bertz CT molecular complexity index is 30.5. The van der Waals surface area contributed by atoms with E-state index in [1.165, 1.54) is 0 Å². The normalized spacial score (nSPS) is 4.50. The van der Waals surface area contributed by atoms with Gasteiger partial charge in [0.15, 0.2) is 0 Å². The van der Waals surface area contributed by atoms with Crippen molar-refractivity contribution in [3.8, 4) is 0 Å². The van der Waals surface area contributed by atoms with Gasteiger partial charge >= 0.3 is 34.1 Å². The van der Waals surface area contributed by atoms with E-state index in [1.54, 1.807) is 0 Å². The second kappa shape index (κ2) is 105. The van der Waals surface area contributed by atoms with Crippen molar-refractivity contribution in [2.45, 2.75) is 27.7 Å². The van der Waals surface area contributed by atoms with Crippen LogP contribution < -0.4 is 0 Å². The molecule has 0 unspecified atom stereocenters. The van der Waals surface area contributed by atoms with Crippen LogP contribution in [0.5, 0.6) is 0 Å². The predicted octanol–water partition coefficient (Wildman–Crippen LogP) is 1.67. The van der Waals surface area contributed by atoms with Crippen molar-refractivity contribution in [1.82, 2.24) is 0 Å². The van der Waals surface area contributed by atoms with Crippen LogP contribution in [0.1, 0.15) is 27.7 Å². The second-order valence-electron chi connectivity index (χ2n) is 1.15. The van der Waals surface area contributed by atoms with E-state index in [4.69, 9.17) is 0 Å². The summed E-state index contributed by atoms with van der Waals surface area (Å²) in [5.74, 6) is 3.33. The van der Waals surface area contributed by atoms with Crippen molar-refractivity contribution in [3.63, 3.8) is 0 Å². The van der Waals surface area contributed by atoms with E-state index in [-0.39, 0.29) is 61.1 Å². The van der Waals surface area contributed by atoms with E-state index in [0.29, 0.717) is 0 Å². The van der Waals surface area contributed by atoms with Gasteiger partial charge < -0.3 is 77.5 Å². The Morgan fingerprint density at radius 2 is 0.562 bits per heavy atom. The maximum atomic E-state index is 4.39. The van der Waals surface area contributed by atoms with Gasteiger partial charge in [-0.15, -0.1) is 0 Å². The van der Waals surface area contributed by atoms with Crippen LogP contribution in [0.2, 0.25) is 0 Å². The smallest absolute Gasteiger partial charge is 0.813 e. The molecule has 0 bridgehead atoms. The topological polar surface area (TPSA) is 0 Å². The number of hydrogen-bond acceptors (Lipinski definition) is 6. The summed E-state index contributed by atoms with van der Waals surface area (Å²) in [6, 6.07) is 0. The molecule has 0 radical (unpaired) electrons. The molecule has 16 heavy (non-hydrogen) atoms. The van der Waals surface area contributed by atoms with E-state index in [2.05, 4.69) is 50.5 Å². The monoisotopic (exact) mass is 422 g/mol. The van der Waals surface area contributed by atoms with Crippen LogP contribution in [0.15, 0.2) is 0 Å². The van der Waals surface area contributed by atoms with Gasteiger partial charge in [0.25, 0.3) is 0 Å². The van der Waals surface area contributed by atoms with Gasteiger partial charge in [-0.3, -0.25) is 0 Å². The van der Waals surface area contributed by atoms with Crippen molar-refractivity contribution < 1.29 is 34.1 Å². The summed E-state index contributed by atoms with van der Waals surface area (Å²) in [4.78, 5) is 0. The summed E-state index contributed by atoms with van der Waals surface area (Å²) in [6.07, 6.45) is 0. The third-order valence-corrected chi connectivity index (χ3v) is 0. The second-order valence-corrected chi connectivity index (χ2v) is 3.46. The molecule has 0 aliphatic rings. The zero-order valence-corrected chi connectivity index (χ0v) is 17.3. The SMILES string of the molecule is CC[S-].CC[S-].CC[S-].CC[S-].[Fe+2].[Fe+4].[SH-].[SH-]. The fourth-order valence-electron chi connectivity index (χ4n) is 0. The summed E-state index contributed by atoms with van der Waals surface area (Å²) < 4.78 is 0. The molecule has 0 aromatic rings. The molecule has 0 saturated heterocycles. The molecule has 0 aromatic heterocycles. The van der Waals surface area contributed by atoms with Gasteiger partial charge in [0.1, 0.15) is 0 Å². The molecule has 8 heteroatoms. The van der Waals surface area contributed by atoms with Crippen LogP contribution in [0, 0.1) is 0 Å². The fraction of sp³-hybridized carbons (Fsp3) is 1.00. The Kier molecular flexibility index (Phi) is 332. The molecule has 0 aromatic carbocycles. The molecule has 0 amide bonds. The van der Waals surface area contributed by atoms with Crippen LogP contribution in [-0.2, 0) is 112 Å². The van der Waals surface area contributed by atoms with Crippen molar-refractivity contribution >= 4 is 77.5 Å². The molecule has 0 aliphatic carbocycles. The summed E-state index contributed by atoms with van der Waals surface area (Å²) in [5, 5.41) is 0. The molecular formula is C8H22Fe2S6. The van der Waals surface area contributed by atoms with Crippen LogP contribution >= 0.6 is 0 Å². The minimum atomic E-state index is 0. The quantitative estimate of drug-likeness (QED) is 0.329. The van der Waals surface area contributed by atoms with Crippen LogP contribution in [0.3, 0.4) is 0 Å².